The van der Waals surface area contributed by atoms with Gasteiger partial charge in [0.25, 0.3) is 0 Å². The maximum atomic E-state index is 12.7. The molecule has 132 valence electrons. The summed E-state index contributed by atoms with van der Waals surface area (Å²) in [6, 6.07) is 12.0. The van der Waals surface area contributed by atoms with Crippen molar-refractivity contribution in [3.8, 4) is 0 Å². The minimum atomic E-state index is 0.263. The van der Waals surface area contributed by atoms with Crippen LogP contribution in [0.5, 0.6) is 0 Å². The average Bonchev–Trinajstić information content (AvgIpc) is 2.52. The highest BCUT2D eigenvalue weighted by Crippen LogP contribution is 2.39. The Balaban J connectivity index is 1.62. The maximum absolute atomic E-state index is 12.7. The fourth-order valence-electron chi connectivity index (χ4n) is 4.50. The predicted molar refractivity (Wildman–Crippen MR) is 99.8 cm³/mol. The van der Waals surface area contributed by atoms with Crippen molar-refractivity contribution in [3.05, 3.63) is 35.9 Å². The van der Waals surface area contributed by atoms with Crippen LogP contribution >= 0.6 is 0 Å². The Bertz CT molecular complexity index is 531. The Morgan fingerprint density at radius 2 is 1.71 bits per heavy atom. The van der Waals surface area contributed by atoms with E-state index in [2.05, 4.69) is 56.0 Å². The molecule has 2 heteroatoms. The van der Waals surface area contributed by atoms with E-state index < -0.39 is 0 Å². The number of hydrogen-bond acceptors (Lipinski definition) is 2. The van der Waals surface area contributed by atoms with Gasteiger partial charge in [0.15, 0.2) is 0 Å². The summed E-state index contributed by atoms with van der Waals surface area (Å²) in [5.74, 6) is 0.843. The number of hydrogen-bond donors (Lipinski definition) is 0. The van der Waals surface area contributed by atoms with Crippen LogP contribution in [-0.2, 0) is 11.3 Å². The van der Waals surface area contributed by atoms with E-state index >= 15 is 0 Å². The standard InChI is InChI=1S/C22H33NO/c1-22(2,3)13-12-21(24)18-14-19-10-7-11-20(15-18)23(19)16-17-8-5-4-6-9-17/h4-6,8-9,18-20H,7,10-16H2,1-3H3. The first-order valence-corrected chi connectivity index (χ1v) is 9.75. The third-order valence-electron chi connectivity index (χ3n) is 5.91. The van der Waals surface area contributed by atoms with Crippen LogP contribution in [0.2, 0.25) is 0 Å². The van der Waals surface area contributed by atoms with Crippen molar-refractivity contribution in [1.82, 2.24) is 4.90 Å². The van der Waals surface area contributed by atoms with E-state index in [0.29, 0.717) is 23.8 Å². The predicted octanol–water partition coefficient (Wildman–Crippen LogP) is 5.22. The molecule has 3 rings (SSSR count). The molecule has 1 aromatic carbocycles. The second kappa shape index (κ2) is 7.39. The van der Waals surface area contributed by atoms with Crippen LogP contribution in [0.1, 0.15) is 71.3 Å². The first kappa shape index (κ1) is 17.7. The van der Waals surface area contributed by atoms with Gasteiger partial charge in [-0.2, -0.15) is 0 Å². The number of fused-ring (bicyclic) bond motifs is 2. The van der Waals surface area contributed by atoms with Crippen LogP contribution in [0, 0.1) is 11.3 Å². The molecular weight excluding hydrogens is 294 g/mol. The topological polar surface area (TPSA) is 20.3 Å². The lowest BCUT2D eigenvalue weighted by atomic mass is 9.75. The summed E-state index contributed by atoms with van der Waals surface area (Å²) in [6.07, 6.45) is 7.85. The van der Waals surface area contributed by atoms with Gasteiger partial charge < -0.3 is 0 Å². The van der Waals surface area contributed by atoms with Crippen molar-refractivity contribution >= 4 is 5.78 Å². The SMILES string of the molecule is CC(C)(C)CCC(=O)C1CC2CCCC(C1)N2Cc1ccccc1. The normalized spacial score (nSPS) is 27.9. The average molecular weight is 328 g/mol. The van der Waals surface area contributed by atoms with Crippen LogP contribution in [0.25, 0.3) is 0 Å². The molecule has 2 nitrogen and oxygen atoms in total. The van der Waals surface area contributed by atoms with Crippen molar-refractivity contribution in [2.75, 3.05) is 0 Å². The summed E-state index contributed by atoms with van der Waals surface area (Å²) >= 11 is 0. The first-order chi connectivity index (χ1) is 11.4. The summed E-state index contributed by atoms with van der Waals surface area (Å²) in [7, 11) is 0. The molecule has 0 spiro atoms. The van der Waals surface area contributed by atoms with Crippen molar-refractivity contribution in [2.24, 2.45) is 11.3 Å². The third-order valence-corrected chi connectivity index (χ3v) is 5.91. The van der Waals surface area contributed by atoms with Crippen molar-refractivity contribution in [1.29, 1.82) is 0 Å². The second-order valence-corrected chi connectivity index (χ2v) is 9.09. The molecule has 0 aliphatic carbocycles. The summed E-state index contributed by atoms with van der Waals surface area (Å²) in [4.78, 5) is 15.4. The van der Waals surface area contributed by atoms with E-state index in [4.69, 9.17) is 0 Å². The Hall–Kier alpha value is -1.15. The third kappa shape index (κ3) is 4.47. The number of rotatable bonds is 5. The number of carbonyl (C=O) groups is 1. The summed E-state index contributed by atoms with van der Waals surface area (Å²) < 4.78 is 0. The molecule has 2 bridgehead atoms. The lowest BCUT2D eigenvalue weighted by Gasteiger charge is -2.48. The van der Waals surface area contributed by atoms with Gasteiger partial charge in [-0.1, -0.05) is 57.5 Å². The highest BCUT2D eigenvalue weighted by atomic mass is 16.1. The zero-order chi connectivity index (χ0) is 17.2. The fraction of sp³-hybridized carbons (Fsp3) is 0.682. The Morgan fingerprint density at radius 1 is 1.08 bits per heavy atom. The molecule has 0 saturated carbocycles. The summed E-state index contributed by atoms with van der Waals surface area (Å²) in [5.41, 5.74) is 1.67. The minimum absolute atomic E-state index is 0.263. The smallest absolute Gasteiger partial charge is 0.136 e. The number of nitrogens with zero attached hydrogens (tertiary/aromatic N) is 1. The fourth-order valence-corrected chi connectivity index (χ4v) is 4.50. The van der Waals surface area contributed by atoms with Crippen molar-refractivity contribution in [2.45, 2.75) is 84.3 Å². The van der Waals surface area contributed by atoms with Gasteiger partial charge in [0.2, 0.25) is 0 Å². The van der Waals surface area contributed by atoms with E-state index in [1.54, 1.807) is 0 Å². The largest absolute Gasteiger partial charge is 0.299 e. The number of carbonyl (C=O) groups excluding carboxylic acids is 1. The summed E-state index contributed by atoms with van der Waals surface area (Å²) in [6.45, 7) is 7.76. The monoisotopic (exact) mass is 327 g/mol. The molecule has 0 N–H and O–H groups in total. The van der Waals surface area contributed by atoms with Crippen LogP contribution in [0.4, 0.5) is 0 Å². The molecule has 2 atom stereocenters. The summed E-state index contributed by atoms with van der Waals surface area (Å²) in [5, 5.41) is 0. The molecule has 2 saturated heterocycles. The lowest BCUT2D eigenvalue weighted by molar-refractivity contribution is -0.127. The van der Waals surface area contributed by atoms with Crippen LogP contribution in [-0.4, -0.2) is 22.8 Å². The van der Waals surface area contributed by atoms with Gasteiger partial charge in [0, 0.05) is 31.0 Å². The highest BCUT2D eigenvalue weighted by Gasteiger charge is 2.40. The van der Waals surface area contributed by atoms with E-state index in [0.717, 1.165) is 32.2 Å². The number of benzene rings is 1. The second-order valence-electron chi connectivity index (χ2n) is 9.09. The minimum Gasteiger partial charge on any atom is -0.299 e. The molecule has 2 heterocycles. The molecule has 2 unspecified atom stereocenters. The van der Waals surface area contributed by atoms with Gasteiger partial charge >= 0.3 is 0 Å². The Kier molecular flexibility index (Phi) is 5.44. The number of Topliss-reactive ketones (excluding diaryl/α,β-unsaturated/α-hetero) is 1. The van der Waals surface area contributed by atoms with Crippen LogP contribution in [0.3, 0.4) is 0 Å². The van der Waals surface area contributed by atoms with Gasteiger partial charge in [0.05, 0.1) is 0 Å². The maximum Gasteiger partial charge on any atom is 0.136 e. The van der Waals surface area contributed by atoms with Crippen LogP contribution < -0.4 is 0 Å². The zero-order valence-corrected chi connectivity index (χ0v) is 15.6. The van der Waals surface area contributed by atoms with Gasteiger partial charge in [0.1, 0.15) is 5.78 Å². The van der Waals surface area contributed by atoms with Gasteiger partial charge in [-0.3, -0.25) is 9.69 Å². The van der Waals surface area contributed by atoms with E-state index in [1.807, 2.05) is 0 Å². The molecular formula is C22H33NO. The Labute approximate surface area is 147 Å². The van der Waals surface area contributed by atoms with Crippen LogP contribution in [0.15, 0.2) is 30.3 Å². The molecule has 2 aliphatic rings. The zero-order valence-electron chi connectivity index (χ0n) is 15.6. The van der Waals surface area contributed by atoms with E-state index in [9.17, 15) is 4.79 Å². The molecule has 2 fully saturated rings. The molecule has 24 heavy (non-hydrogen) atoms. The number of piperidine rings is 2. The highest BCUT2D eigenvalue weighted by molar-refractivity contribution is 5.81. The first-order valence-electron chi connectivity index (χ1n) is 9.75. The van der Waals surface area contributed by atoms with Crippen molar-refractivity contribution in [3.63, 3.8) is 0 Å². The lowest BCUT2D eigenvalue weighted by Crippen LogP contribution is -2.52. The van der Waals surface area contributed by atoms with Gasteiger partial charge in [-0.05, 0) is 43.1 Å². The van der Waals surface area contributed by atoms with Gasteiger partial charge in [-0.25, -0.2) is 0 Å². The Morgan fingerprint density at radius 3 is 2.29 bits per heavy atom. The molecule has 0 radical (unpaired) electrons. The molecule has 2 aliphatic heterocycles. The molecule has 1 aromatic rings. The van der Waals surface area contributed by atoms with Crippen molar-refractivity contribution < 1.29 is 4.79 Å². The van der Waals surface area contributed by atoms with Gasteiger partial charge in [-0.15, -0.1) is 0 Å². The molecule has 0 amide bonds. The van der Waals surface area contributed by atoms with E-state index in [-0.39, 0.29) is 5.41 Å². The molecule has 0 aromatic heterocycles. The van der Waals surface area contributed by atoms with E-state index in [1.165, 1.54) is 24.8 Å². The number of ketones is 1. The quantitative estimate of drug-likeness (QED) is 0.739.